The van der Waals surface area contributed by atoms with E-state index in [0.29, 0.717) is 23.2 Å². The average molecular weight is 464 g/mol. The van der Waals surface area contributed by atoms with Crippen LogP contribution in [0.15, 0.2) is 91.1 Å². The summed E-state index contributed by atoms with van der Waals surface area (Å²) >= 11 is 1.53. The second kappa shape index (κ2) is 8.39. The zero-order valence-electron chi connectivity index (χ0n) is 18.5. The van der Waals surface area contributed by atoms with Crippen LogP contribution in [0.4, 0.5) is 5.13 Å². The third kappa shape index (κ3) is 3.62. The first-order valence-electron chi connectivity index (χ1n) is 11.1. The molecule has 6 heteroatoms. The predicted molar refractivity (Wildman–Crippen MR) is 135 cm³/mol. The minimum atomic E-state index is -0.501. The number of aromatic nitrogens is 2. The highest BCUT2D eigenvalue weighted by atomic mass is 32.1. The summed E-state index contributed by atoms with van der Waals surface area (Å²) in [6, 6.07) is 27.4. The van der Waals surface area contributed by atoms with Crippen LogP contribution in [0.25, 0.3) is 10.2 Å². The highest BCUT2D eigenvalue weighted by molar-refractivity contribution is 7.22. The summed E-state index contributed by atoms with van der Waals surface area (Å²) in [7, 11) is 0. The molecule has 0 N–H and O–H groups in total. The summed E-state index contributed by atoms with van der Waals surface area (Å²) in [5, 5.41) is 0.665. The molecule has 166 valence electrons. The number of carbonyl (C=O) groups is 1. The molecule has 0 radical (unpaired) electrons. The van der Waals surface area contributed by atoms with E-state index in [1.807, 2.05) is 78.9 Å². The van der Waals surface area contributed by atoms with Crippen LogP contribution in [0.2, 0.25) is 0 Å². The van der Waals surface area contributed by atoms with Gasteiger partial charge in [0.15, 0.2) is 5.13 Å². The van der Waals surface area contributed by atoms with Gasteiger partial charge in [-0.25, -0.2) is 4.98 Å². The van der Waals surface area contributed by atoms with Crippen molar-refractivity contribution in [3.05, 3.63) is 114 Å². The Balaban J connectivity index is 1.49. The molecule has 5 nitrogen and oxygen atoms in total. The Morgan fingerprint density at radius 3 is 2.35 bits per heavy atom. The van der Waals surface area contributed by atoms with E-state index in [1.54, 1.807) is 11.1 Å². The zero-order chi connectivity index (χ0) is 23.1. The fourth-order valence-corrected chi connectivity index (χ4v) is 5.43. The second-order valence-corrected chi connectivity index (χ2v) is 9.33. The van der Waals surface area contributed by atoms with Gasteiger partial charge in [0.05, 0.1) is 28.4 Å². The summed E-state index contributed by atoms with van der Waals surface area (Å²) in [6.45, 7) is 2.39. The molecule has 1 amide bonds. The monoisotopic (exact) mass is 463 g/mol. The molecule has 1 aliphatic rings. The third-order valence-electron chi connectivity index (χ3n) is 6.00. The molecule has 0 unspecified atom stereocenters. The molecule has 0 aliphatic carbocycles. The maximum atomic E-state index is 14.4. The van der Waals surface area contributed by atoms with Crippen molar-refractivity contribution in [1.29, 1.82) is 0 Å². The predicted octanol–water partition coefficient (Wildman–Crippen LogP) is 6.47. The van der Waals surface area contributed by atoms with Crippen molar-refractivity contribution in [1.82, 2.24) is 9.97 Å². The Hall–Kier alpha value is -4.03. The average Bonchev–Trinajstić information content (AvgIpc) is 3.29. The number of rotatable bonds is 4. The molecule has 3 aromatic carbocycles. The van der Waals surface area contributed by atoms with Crippen molar-refractivity contribution >= 4 is 32.6 Å². The molecule has 0 fully saturated rings. The van der Waals surface area contributed by atoms with Gasteiger partial charge >= 0.3 is 0 Å². The Bertz CT molecular complexity index is 1470. The summed E-state index contributed by atoms with van der Waals surface area (Å²) in [5.74, 6) is 0.859. The number of fused-ring (bicyclic) bond motifs is 3. The lowest BCUT2D eigenvalue weighted by Gasteiger charge is -2.31. The number of nitrogens with zero attached hydrogens (tertiary/aromatic N) is 3. The van der Waals surface area contributed by atoms with Crippen LogP contribution < -0.4 is 9.64 Å². The lowest BCUT2D eigenvalue weighted by Crippen LogP contribution is -2.36. The first kappa shape index (κ1) is 20.6. The van der Waals surface area contributed by atoms with E-state index in [2.05, 4.69) is 18.0 Å². The highest BCUT2D eigenvalue weighted by Gasteiger charge is 2.36. The minimum Gasteiger partial charge on any atom is -0.457 e. The molecule has 5 aromatic rings. The van der Waals surface area contributed by atoms with Crippen molar-refractivity contribution in [2.75, 3.05) is 4.90 Å². The molecule has 0 atom stereocenters. The molecule has 3 heterocycles. The van der Waals surface area contributed by atoms with Crippen LogP contribution in [0.3, 0.4) is 0 Å². The van der Waals surface area contributed by atoms with Gasteiger partial charge in [0.25, 0.3) is 0 Å². The zero-order valence-corrected chi connectivity index (χ0v) is 19.3. The van der Waals surface area contributed by atoms with E-state index < -0.39 is 5.92 Å². The van der Waals surface area contributed by atoms with Gasteiger partial charge in [-0.2, -0.15) is 0 Å². The van der Waals surface area contributed by atoms with E-state index in [-0.39, 0.29) is 5.91 Å². The highest BCUT2D eigenvalue weighted by Crippen LogP contribution is 2.45. The number of pyridine rings is 1. The van der Waals surface area contributed by atoms with Gasteiger partial charge in [0.1, 0.15) is 11.5 Å². The van der Waals surface area contributed by atoms with Crippen molar-refractivity contribution in [2.24, 2.45) is 0 Å². The maximum absolute atomic E-state index is 14.4. The Kier molecular flexibility index (Phi) is 5.08. The first-order valence-corrected chi connectivity index (χ1v) is 11.9. The van der Waals surface area contributed by atoms with Gasteiger partial charge in [0, 0.05) is 17.3 Å². The Labute approximate surface area is 201 Å². The molecular formula is C28H21N3O2S. The van der Waals surface area contributed by atoms with Crippen molar-refractivity contribution < 1.29 is 9.53 Å². The van der Waals surface area contributed by atoms with Gasteiger partial charge in [-0.15, -0.1) is 0 Å². The van der Waals surface area contributed by atoms with Crippen molar-refractivity contribution in [3.8, 4) is 11.5 Å². The fraction of sp³-hybridized carbons (Fsp3) is 0.107. The molecular weight excluding hydrogens is 442 g/mol. The summed E-state index contributed by atoms with van der Waals surface area (Å²) in [6.07, 6.45) is 1.75. The second-order valence-electron chi connectivity index (χ2n) is 8.32. The van der Waals surface area contributed by atoms with Crippen LogP contribution in [0, 0.1) is 6.92 Å². The molecule has 0 saturated carbocycles. The molecule has 34 heavy (non-hydrogen) atoms. The largest absolute Gasteiger partial charge is 0.457 e. The van der Waals surface area contributed by atoms with Crippen LogP contribution >= 0.6 is 11.3 Å². The van der Waals surface area contributed by atoms with Crippen LogP contribution in [-0.4, -0.2) is 15.9 Å². The standard InChI is InChI=1S/C28H21N3O2S/c1-18-13-14-22-25(16-18)34-28(30-22)31(17-19-8-6-7-15-29-19)27(32)26-20-9-2-4-11-23(20)33-24-12-5-3-10-21(24)26/h2-16,26H,17H2,1H3. The Morgan fingerprint density at radius 2 is 1.65 bits per heavy atom. The number of ether oxygens (including phenoxy) is 1. The quantitative estimate of drug-likeness (QED) is 0.306. The molecule has 1 aliphatic heterocycles. The molecule has 0 spiro atoms. The SMILES string of the molecule is Cc1ccc2nc(N(Cc3ccccn3)C(=O)C3c4ccccc4Oc4ccccc43)sc2c1. The number of amides is 1. The van der Waals surface area contributed by atoms with Crippen molar-refractivity contribution in [2.45, 2.75) is 19.4 Å². The molecule has 0 bridgehead atoms. The van der Waals surface area contributed by atoms with Crippen molar-refractivity contribution in [3.63, 3.8) is 0 Å². The number of carbonyl (C=O) groups excluding carboxylic acids is 1. The maximum Gasteiger partial charge on any atom is 0.241 e. The lowest BCUT2D eigenvalue weighted by atomic mass is 9.87. The molecule has 0 saturated heterocycles. The summed E-state index contributed by atoms with van der Waals surface area (Å²) in [5.41, 5.74) is 4.57. The van der Waals surface area contributed by atoms with E-state index in [9.17, 15) is 4.79 Å². The minimum absolute atomic E-state index is 0.0513. The molecule has 6 rings (SSSR count). The van der Waals surface area contributed by atoms with E-state index in [4.69, 9.17) is 9.72 Å². The normalized spacial score (nSPS) is 12.6. The number of anilines is 1. The number of hydrogen-bond donors (Lipinski definition) is 0. The van der Waals surface area contributed by atoms with Crippen LogP contribution in [0.1, 0.15) is 28.3 Å². The van der Waals surface area contributed by atoms with E-state index in [0.717, 1.165) is 32.6 Å². The summed E-state index contributed by atoms with van der Waals surface area (Å²) < 4.78 is 7.18. The van der Waals surface area contributed by atoms with E-state index >= 15 is 0 Å². The lowest BCUT2D eigenvalue weighted by molar-refractivity contribution is -0.119. The van der Waals surface area contributed by atoms with Gasteiger partial charge in [0.2, 0.25) is 5.91 Å². The van der Waals surface area contributed by atoms with Crippen LogP contribution in [-0.2, 0) is 11.3 Å². The topological polar surface area (TPSA) is 55.3 Å². The van der Waals surface area contributed by atoms with Gasteiger partial charge in [-0.1, -0.05) is 59.9 Å². The van der Waals surface area contributed by atoms with Gasteiger partial charge in [-0.3, -0.25) is 14.7 Å². The first-order chi connectivity index (χ1) is 16.7. The number of thiazole rings is 1. The van der Waals surface area contributed by atoms with E-state index in [1.165, 1.54) is 11.3 Å². The number of aryl methyl sites for hydroxylation is 1. The molecule has 2 aromatic heterocycles. The summed E-state index contributed by atoms with van der Waals surface area (Å²) in [4.78, 5) is 25.5. The van der Waals surface area contributed by atoms with Crippen LogP contribution in [0.5, 0.6) is 11.5 Å². The number of para-hydroxylation sites is 2. The van der Waals surface area contributed by atoms with Gasteiger partial charge < -0.3 is 4.74 Å². The third-order valence-corrected chi connectivity index (χ3v) is 7.04. The Morgan fingerprint density at radius 1 is 0.941 bits per heavy atom. The number of hydrogen-bond acceptors (Lipinski definition) is 5. The smallest absolute Gasteiger partial charge is 0.241 e. The van der Waals surface area contributed by atoms with Gasteiger partial charge in [-0.05, 0) is 48.9 Å². The fourth-order valence-electron chi connectivity index (χ4n) is 4.36. The number of benzene rings is 3.